The summed E-state index contributed by atoms with van der Waals surface area (Å²) in [6.45, 7) is 1.96. The maximum absolute atomic E-state index is 12.5. The molecule has 0 saturated carbocycles. The normalized spacial score (nSPS) is 15.8. The molecule has 1 aromatic carbocycles. The van der Waals surface area contributed by atoms with Crippen LogP contribution in [0.3, 0.4) is 0 Å². The lowest BCUT2D eigenvalue weighted by Gasteiger charge is -2.25. The SMILES string of the molecule is COc1ccc(CNC(=O)c2cccc3c2OC(C)C(=O)N3)cn1. The van der Waals surface area contributed by atoms with Gasteiger partial charge in [-0.3, -0.25) is 9.59 Å². The number of para-hydroxylation sites is 1. The molecular weight excluding hydrogens is 310 g/mol. The van der Waals surface area contributed by atoms with Crippen molar-refractivity contribution in [3.8, 4) is 11.6 Å². The molecule has 124 valence electrons. The van der Waals surface area contributed by atoms with E-state index in [0.717, 1.165) is 5.56 Å². The number of benzene rings is 1. The minimum absolute atomic E-state index is 0.232. The summed E-state index contributed by atoms with van der Waals surface area (Å²) in [7, 11) is 1.54. The first-order valence-corrected chi connectivity index (χ1v) is 7.46. The van der Waals surface area contributed by atoms with E-state index in [1.54, 1.807) is 44.5 Å². The van der Waals surface area contributed by atoms with E-state index in [2.05, 4.69) is 15.6 Å². The van der Waals surface area contributed by atoms with E-state index < -0.39 is 6.10 Å². The number of rotatable bonds is 4. The van der Waals surface area contributed by atoms with Crippen molar-refractivity contribution in [3.63, 3.8) is 0 Å². The third-order valence-electron chi connectivity index (χ3n) is 3.64. The molecule has 2 amide bonds. The first-order chi connectivity index (χ1) is 11.6. The Hall–Kier alpha value is -3.09. The van der Waals surface area contributed by atoms with Crippen molar-refractivity contribution in [2.45, 2.75) is 19.6 Å². The topological polar surface area (TPSA) is 89.5 Å². The fourth-order valence-corrected chi connectivity index (χ4v) is 2.32. The number of fused-ring (bicyclic) bond motifs is 1. The first kappa shape index (κ1) is 15.8. The Morgan fingerprint density at radius 2 is 2.21 bits per heavy atom. The number of methoxy groups -OCH3 is 1. The lowest BCUT2D eigenvalue weighted by atomic mass is 10.1. The van der Waals surface area contributed by atoms with Crippen molar-refractivity contribution in [2.24, 2.45) is 0 Å². The Morgan fingerprint density at radius 3 is 2.92 bits per heavy atom. The average Bonchev–Trinajstić information content (AvgIpc) is 2.60. The maximum Gasteiger partial charge on any atom is 0.265 e. The van der Waals surface area contributed by atoms with Gasteiger partial charge < -0.3 is 20.1 Å². The van der Waals surface area contributed by atoms with Gasteiger partial charge in [-0.15, -0.1) is 0 Å². The van der Waals surface area contributed by atoms with Crippen LogP contribution in [0, 0.1) is 0 Å². The molecule has 1 aliphatic rings. The van der Waals surface area contributed by atoms with E-state index >= 15 is 0 Å². The fourth-order valence-electron chi connectivity index (χ4n) is 2.32. The Labute approximate surface area is 139 Å². The van der Waals surface area contributed by atoms with Crippen LogP contribution in [0.4, 0.5) is 5.69 Å². The third kappa shape index (κ3) is 3.15. The Morgan fingerprint density at radius 1 is 1.38 bits per heavy atom. The second-order valence-electron chi connectivity index (χ2n) is 5.32. The first-order valence-electron chi connectivity index (χ1n) is 7.46. The molecule has 3 rings (SSSR count). The molecule has 0 radical (unpaired) electrons. The number of hydrogen-bond donors (Lipinski definition) is 2. The summed E-state index contributed by atoms with van der Waals surface area (Å²) >= 11 is 0. The van der Waals surface area contributed by atoms with Gasteiger partial charge in [-0.2, -0.15) is 0 Å². The van der Waals surface area contributed by atoms with Crippen LogP contribution in [0.25, 0.3) is 0 Å². The molecule has 7 nitrogen and oxygen atoms in total. The fraction of sp³-hybridized carbons (Fsp3) is 0.235. The molecule has 1 atom stereocenters. The van der Waals surface area contributed by atoms with Crippen LogP contribution in [0.15, 0.2) is 36.5 Å². The van der Waals surface area contributed by atoms with Crippen LogP contribution in [0.5, 0.6) is 11.6 Å². The van der Waals surface area contributed by atoms with E-state index in [9.17, 15) is 9.59 Å². The monoisotopic (exact) mass is 327 g/mol. The van der Waals surface area contributed by atoms with Gasteiger partial charge in [0.2, 0.25) is 5.88 Å². The Bertz CT molecular complexity index is 774. The number of anilines is 1. The predicted octanol–water partition coefficient (Wildman–Crippen LogP) is 1.74. The summed E-state index contributed by atoms with van der Waals surface area (Å²) in [4.78, 5) is 28.2. The zero-order valence-corrected chi connectivity index (χ0v) is 13.3. The summed E-state index contributed by atoms with van der Waals surface area (Å²) < 4.78 is 10.6. The minimum atomic E-state index is -0.641. The summed E-state index contributed by atoms with van der Waals surface area (Å²) in [6.07, 6.45) is 0.996. The van der Waals surface area contributed by atoms with Gasteiger partial charge >= 0.3 is 0 Å². The highest BCUT2D eigenvalue weighted by Gasteiger charge is 2.27. The zero-order chi connectivity index (χ0) is 17.1. The van der Waals surface area contributed by atoms with E-state index in [4.69, 9.17) is 9.47 Å². The van der Waals surface area contributed by atoms with Gasteiger partial charge in [0, 0.05) is 18.8 Å². The summed E-state index contributed by atoms with van der Waals surface area (Å²) in [5.74, 6) is 0.380. The minimum Gasteiger partial charge on any atom is -0.481 e. The van der Waals surface area contributed by atoms with E-state index in [0.29, 0.717) is 29.4 Å². The number of hydrogen-bond acceptors (Lipinski definition) is 5. The number of amides is 2. The van der Waals surface area contributed by atoms with Gasteiger partial charge in [0.1, 0.15) is 0 Å². The number of pyridine rings is 1. The molecule has 2 N–H and O–H groups in total. The van der Waals surface area contributed by atoms with Crippen molar-refractivity contribution >= 4 is 17.5 Å². The van der Waals surface area contributed by atoms with Crippen molar-refractivity contribution in [1.82, 2.24) is 10.3 Å². The molecule has 0 aliphatic carbocycles. The molecular formula is C17H17N3O4. The van der Waals surface area contributed by atoms with Crippen molar-refractivity contribution in [2.75, 3.05) is 12.4 Å². The van der Waals surface area contributed by atoms with Crippen LogP contribution in [-0.2, 0) is 11.3 Å². The molecule has 0 spiro atoms. The van der Waals surface area contributed by atoms with Crippen LogP contribution in [0.1, 0.15) is 22.8 Å². The number of aromatic nitrogens is 1. The quantitative estimate of drug-likeness (QED) is 0.893. The smallest absolute Gasteiger partial charge is 0.265 e. The van der Waals surface area contributed by atoms with Crippen molar-refractivity contribution < 1.29 is 19.1 Å². The molecule has 1 aromatic heterocycles. The summed E-state index contributed by atoms with van der Waals surface area (Å²) in [5, 5.41) is 5.54. The van der Waals surface area contributed by atoms with Crippen molar-refractivity contribution in [1.29, 1.82) is 0 Å². The van der Waals surface area contributed by atoms with Crippen LogP contribution < -0.4 is 20.1 Å². The lowest BCUT2D eigenvalue weighted by Crippen LogP contribution is -2.35. The highest BCUT2D eigenvalue weighted by atomic mass is 16.5. The van der Waals surface area contributed by atoms with E-state index in [1.165, 1.54) is 0 Å². The van der Waals surface area contributed by atoms with Crippen LogP contribution in [0.2, 0.25) is 0 Å². The second-order valence-corrected chi connectivity index (χ2v) is 5.32. The number of carbonyl (C=O) groups is 2. The van der Waals surface area contributed by atoms with Gasteiger partial charge in [-0.05, 0) is 24.6 Å². The molecule has 0 fully saturated rings. The third-order valence-corrected chi connectivity index (χ3v) is 3.64. The average molecular weight is 327 g/mol. The Balaban J connectivity index is 1.73. The van der Waals surface area contributed by atoms with E-state index in [-0.39, 0.29) is 11.8 Å². The van der Waals surface area contributed by atoms with Gasteiger partial charge in [0.15, 0.2) is 11.9 Å². The molecule has 7 heteroatoms. The molecule has 0 bridgehead atoms. The largest absolute Gasteiger partial charge is 0.481 e. The molecule has 1 unspecified atom stereocenters. The number of carbonyl (C=O) groups excluding carboxylic acids is 2. The molecule has 1 aliphatic heterocycles. The maximum atomic E-state index is 12.5. The Kier molecular flexibility index (Phi) is 4.33. The number of nitrogens with one attached hydrogen (secondary N) is 2. The number of ether oxygens (including phenoxy) is 2. The van der Waals surface area contributed by atoms with Crippen LogP contribution >= 0.6 is 0 Å². The van der Waals surface area contributed by atoms with Gasteiger partial charge in [-0.1, -0.05) is 12.1 Å². The van der Waals surface area contributed by atoms with Gasteiger partial charge in [-0.25, -0.2) is 4.98 Å². The lowest BCUT2D eigenvalue weighted by molar-refractivity contribution is -0.122. The highest BCUT2D eigenvalue weighted by Crippen LogP contribution is 2.33. The second kappa shape index (κ2) is 6.57. The van der Waals surface area contributed by atoms with Gasteiger partial charge in [0.05, 0.1) is 18.4 Å². The van der Waals surface area contributed by atoms with Gasteiger partial charge in [0.25, 0.3) is 11.8 Å². The number of nitrogens with zero attached hydrogens (tertiary/aromatic N) is 1. The van der Waals surface area contributed by atoms with Crippen molar-refractivity contribution in [3.05, 3.63) is 47.7 Å². The standard InChI is InChI=1S/C17H17N3O4/c1-10-16(21)20-13-5-3-4-12(15(13)24-10)17(22)19-9-11-6-7-14(23-2)18-8-11/h3-8,10H,9H2,1-2H3,(H,19,22)(H,20,21). The molecule has 24 heavy (non-hydrogen) atoms. The van der Waals surface area contributed by atoms with E-state index in [1.807, 2.05) is 6.07 Å². The molecule has 0 saturated heterocycles. The van der Waals surface area contributed by atoms with Crippen LogP contribution in [-0.4, -0.2) is 30.0 Å². The summed E-state index contributed by atoms with van der Waals surface area (Å²) in [5.41, 5.74) is 1.72. The predicted molar refractivity (Wildman–Crippen MR) is 87.1 cm³/mol. The molecule has 2 aromatic rings. The zero-order valence-electron chi connectivity index (χ0n) is 13.3. The summed E-state index contributed by atoms with van der Waals surface area (Å²) in [6, 6.07) is 8.60. The molecule has 2 heterocycles. The highest BCUT2D eigenvalue weighted by molar-refractivity contribution is 6.03.